The van der Waals surface area contributed by atoms with Crippen LogP contribution in [-0.2, 0) is 6.54 Å². The molecule has 0 aromatic heterocycles. The Balaban J connectivity index is 1.32. The predicted molar refractivity (Wildman–Crippen MR) is 149 cm³/mol. The topological polar surface area (TPSA) is 64.7 Å². The lowest BCUT2D eigenvalue weighted by Crippen LogP contribution is -2.46. The van der Waals surface area contributed by atoms with Crippen LogP contribution in [0.1, 0.15) is 58.4 Å². The molecular formula is C31H35FN4O2. The van der Waals surface area contributed by atoms with Crippen molar-refractivity contribution in [3.8, 4) is 0 Å². The minimum Gasteiger partial charge on any atom is -0.368 e. The SMILES string of the molecule is O=C(Nc1ccc(N2CCN(Cc3ccccc3)CC2)c(C(=O)NC2CCCCC2)c1)c1ccc(F)cc1. The van der Waals surface area contributed by atoms with E-state index in [0.29, 0.717) is 16.8 Å². The molecule has 0 atom stereocenters. The fourth-order valence-corrected chi connectivity index (χ4v) is 5.37. The quantitative estimate of drug-likeness (QED) is 0.439. The molecule has 38 heavy (non-hydrogen) atoms. The van der Waals surface area contributed by atoms with Gasteiger partial charge in [0.2, 0.25) is 0 Å². The van der Waals surface area contributed by atoms with Gasteiger partial charge in [-0.15, -0.1) is 0 Å². The monoisotopic (exact) mass is 514 g/mol. The number of hydrogen-bond acceptors (Lipinski definition) is 4. The molecule has 198 valence electrons. The second-order valence-corrected chi connectivity index (χ2v) is 10.3. The molecule has 2 aliphatic rings. The van der Waals surface area contributed by atoms with Crippen LogP contribution in [0.3, 0.4) is 0 Å². The van der Waals surface area contributed by atoms with E-state index >= 15 is 0 Å². The number of carbonyl (C=O) groups is 2. The Labute approximate surface area is 223 Å². The van der Waals surface area contributed by atoms with Gasteiger partial charge >= 0.3 is 0 Å². The Bertz CT molecular complexity index is 1230. The zero-order chi connectivity index (χ0) is 26.3. The highest BCUT2D eigenvalue weighted by Gasteiger charge is 2.24. The molecule has 2 N–H and O–H groups in total. The van der Waals surface area contributed by atoms with E-state index in [2.05, 4.69) is 44.7 Å². The summed E-state index contributed by atoms with van der Waals surface area (Å²) >= 11 is 0. The lowest BCUT2D eigenvalue weighted by atomic mass is 9.95. The number of nitrogens with one attached hydrogen (secondary N) is 2. The van der Waals surface area contributed by atoms with Crippen molar-refractivity contribution in [3.05, 3.63) is 95.3 Å². The van der Waals surface area contributed by atoms with Gasteiger partial charge < -0.3 is 15.5 Å². The van der Waals surface area contributed by atoms with Crippen molar-refractivity contribution >= 4 is 23.2 Å². The minimum absolute atomic E-state index is 0.100. The van der Waals surface area contributed by atoms with Gasteiger partial charge in [0.05, 0.1) is 5.56 Å². The highest BCUT2D eigenvalue weighted by atomic mass is 19.1. The molecule has 0 unspecified atom stereocenters. The van der Waals surface area contributed by atoms with Gasteiger partial charge in [-0.25, -0.2) is 4.39 Å². The van der Waals surface area contributed by atoms with Crippen LogP contribution in [-0.4, -0.2) is 48.9 Å². The lowest BCUT2D eigenvalue weighted by molar-refractivity contribution is 0.0927. The van der Waals surface area contributed by atoms with E-state index in [1.807, 2.05) is 18.2 Å². The van der Waals surface area contributed by atoms with Crippen LogP contribution in [0.2, 0.25) is 0 Å². The maximum Gasteiger partial charge on any atom is 0.255 e. The summed E-state index contributed by atoms with van der Waals surface area (Å²) in [7, 11) is 0. The summed E-state index contributed by atoms with van der Waals surface area (Å²) < 4.78 is 13.3. The predicted octanol–water partition coefficient (Wildman–Crippen LogP) is 5.46. The maximum atomic E-state index is 13.5. The van der Waals surface area contributed by atoms with Crippen molar-refractivity contribution in [1.29, 1.82) is 0 Å². The van der Waals surface area contributed by atoms with Crippen LogP contribution >= 0.6 is 0 Å². The number of anilines is 2. The molecule has 2 amide bonds. The summed E-state index contributed by atoms with van der Waals surface area (Å²) in [5.74, 6) is -0.834. The van der Waals surface area contributed by atoms with Crippen LogP contribution in [0.25, 0.3) is 0 Å². The second-order valence-electron chi connectivity index (χ2n) is 10.3. The van der Waals surface area contributed by atoms with Crippen molar-refractivity contribution < 1.29 is 14.0 Å². The molecule has 1 saturated heterocycles. The average molecular weight is 515 g/mol. The van der Waals surface area contributed by atoms with E-state index in [-0.39, 0.29) is 17.9 Å². The molecule has 5 rings (SSSR count). The van der Waals surface area contributed by atoms with Crippen LogP contribution in [0.15, 0.2) is 72.8 Å². The first-order valence-electron chi connectivity index (χ1n) is 13.6. The van der Waals surface area contributed by atoms with E-state index in [1.165, 1.54) is 36.2 Å². The number of rotatable bonds is 7. The maximum absolute atomic E-state index is 13.5. The molecule has 7 heteroatoms. The third kappa shape index (κ3) is 6.58. The van der Waals surface area contributed by atoms with Crippen molar-refractivity contribution in [2.24, 2.45) is 0 Å². The highest BCUT2D eigenvalue weighted by molar-refractivity contribution is 6.06. The Kier molecular flexibility index (Phi) is 8.34. The molecule has 2 fully saturated rings. The number of piperazine rings is 1. The van der Waals surface area contributed by atoms with Crippen molar-refractivity contribution in [1.82, 2.24) is 10.2 Å². The van der Waals surface area contributed by atoms with Gasteiger partial charge in [0.25, 0.3) is 11.8 Å². The Morgan fingerprint density at radius 3 is 2.24 bits per heavy atom. The number of nitrogens with zero attached hydrogens (tertiary/aromatic N) is 2. The third-order valence-electron chi connectivity index (χ3n) is 7.51. The number of amides is 2. The molecule has 3 aromatic carbocycles. The summed E-state index contributed by atoms with van der Waals surface area (Å²) in [6, 6.07) is 21.6. The Morgan fingerprint density at radius 1 is 0.816 bits per heavy atom. The molecule has 0 spiro atoms. The van der Waals surface area contributed by atoms with Crippen LogP contribution in [0.5, 0.6) is 0 Å². The van der Waals surface area contributed by atoms with Gasteiger partial charge in [-0.1, -0.05) is 49.6 Å². The third-order valence-corrected chi connectivity index (χ3v) is 7.51. The number of hydrogen-bond donors (Lipinski definition) is 2. The summed E-state index contributed by atoms with van der Waals surface area (Å²) in [4.78, 5) is 31.0. The normalized spacial score (nSPS) is 16.7. The summed E-state index contributed by atoms with van der Waals surface area (Å²) in [5, 5.41) is 6.12. The van der Waals surface area contributed by atoms with Gasteiger partial charge in [0.1, 0.15) is 5.82 Å². The molecule has 1 aliphatic heterocycles. The molecule has 1 saturated carbocycles. The van der Waals surface area contributed by atoms with E-state index in [9.17, 15) is 14.0 Å². The van der Waals surface area contributed by atoms with Gasteiger partial charge in [0.15, 0.2) is 0 Å². The first-order chi connectivity index (χ1) is 18.5. The number of halogens is 1. The highest BCUT2D eigenvalue weighted by Crippen LogP contribution is 2.27. The van der Waals surface area contributed by atoms with Crippen molar-refractivity contribution in [2.75, 3.05) is 36.4 Å². The fourth-order valence-electron chi connectivity index (χ4n) is 5.37. The smallest absolute Gasteiger partial charge is 0.255 e. The molecular weight excluding hydrogens is 479 g/mol. The number of carbonyl (C=O) groups excluding carboxylic acids is 2. The molecule has 1 aliphatic carbocycles. The average Bonchev–Trinajstić information content (AvgIpc) is 2.95. The van der Waals surface area contributed by atoms with Gasteiger partial charge in [-0.05, 0) is 60.9 Å². The Morgan fingerprint density at radius 2 is 1.53 bits per heavy atom. The summed E-state index contributed by atoms with van der Waals surface area (Å²) in [6.45, 7) is 4.36. The molecule has 6 nitrogen and oxygen atoms in total. The van der Waals surface area contributed by atoms with Crippen LogP contribution < -0.4 is 15.5 Å². The zero-order valence-corrected chi connectivity index (χ0v) is 21.7. The number of benzene rings is 3. The van der Waals surface area contributed by atoms with Gasteiger partial charge in [0, 0.05) is 55.7 Å². The largest absolute Gasteiger partial charge is 0.368 e. The first kappa shape index (κ1) is 25.9. The van der Waals surface area contributed by atoms with E-state index in [4.69, 9.17) is 0 Å². The zero-order valence-electron chi connectivity index (χ0n) is 21.7. The van der Waals surface area contributed by atoms with E-state index in [1.54, 1.807) is 6.07 Å². The first-order valence-corrected chi connectivity index (χ1v) is 13.6. The Hall–Kier alpha value is -3.71. The summed E-state index contributed by atoms with van der Waals surface area (Å²) in [5.41, 5.74) is 3.66. The van der Waals surface area contributed by atoms with Gasteiger partial charge in [-0.2, -0.15) is 0 Å². The van der Waals surface area contributed by atoms with E-state index in [0.717, 1.165) is 64.1 Å². The van der Waals surface area contributed by atoms with Crippen molar-refractivity contribution in [2.45, 2.75) is 44.7 Å². The standard InChI is InChI=1S/C31H35FN4O2/c32-25-13-11-24(12-14-25)30(37)34-27-15-16-29(28(21-27)31(38)33-26-9-5-2-6-10-26)36-19-17-35(18-20-36)22-23-7-3-1-4-8-23/h1,3-4,7-8,11-16,21,26H,2,5-6,9-10,17-20,22H2,(H,33,38)(H,34,37). The molecule has 0 bridgehead atoms. The minimum atomic E-state index is -0.392. The second kappa shape index (κ2) is 12.2. The van der Waals surface area contributed by atoms with E-state index < -0.39 is 5.82 Å². The van der Waals surface area contributed by atoms with Gasteiger partial charge in [-0.3, -0.25) is 14.5 Å². The fraction of sp³-hybridized carbons (Fsp3) is 0.355. The van der Waals surface area contributed by atoms with Crippen molar-refractivity contribution in [3.63, 3.8) is 0 Å². The molecule has 0 radical (unpaired) electrons. The molecule has 1 heterocycles. The van der Waals surface area contributed by atoms with Crippen LogP contribution in [0.4, 0.5) is 15.8 Å². The summed E-state index contributed by atoms with van der Waals surface area (Å²) in [6.07, 6.45) is 5.49. The molecule has 3 aromatic rings. The lowest BCUT2D eigenvalue weighted by Gasteiger charge is -2.37. The van der Waals surface area contributed by atoms with Crippen LogP contribution in [0, 0.1) is 5.82 Å².